The zero-order chi connectivity index (χ0) is 16.6. The molecular formula is C17H27N7. The number of hydrogen-bond donors (Lipinski definition) is 4. The Morgan fingerprint density at radius 3 is 2.92 bits per heavy atom. The summed E-state index contributed by atoms with van der Waals surface area (Å²) in [4.78, 5) is 4.87. The largest absolute Gasteiger partial charge is 0.333 e. The van der Waals surface area contributed by atoms with Crippen molar-refractivity contribution in [2.45, 2.75) is 44.3 Å². The second-order valence-electron chi connectivity index (χ2n) is 7.51. The fourth-order valence-electron chi connectivity index (χ4n) is 4.32. The molecule has 1 saturated carbocycles. The van der Waals surface area contributed by atoms with Gasteiger partial charge in [0.25, 0.3) is 0 Å². The molecule has 2 fully saturated rings. The van der Waals surface area contributed by atoms with Crippen molar-refractivity contribution >= 4 is 11.6 Å². The Kier molecular flexibility index (Phi) is 3.85. The molecule has 7 nitrogen and oxygen atoms in total. The molecule has 1 aromatic rings. The summed E-state index contributed by atoms with van der Waals surface area (Å²) in [5.74, 6) is 0.743. The van der Waals surface area contributed by atoms with Crippen molar-refractivity contribution in [3.8, 4) is 0 Å². The zero-order valence-corrected chi connectivity index (χ0v) is 14.5. The molecule has 2 atom stereocenters. The number of rotatable bonds is 3. The first kappa shape index (κ1) is 15.7. The van der Waals surface area contributed by atoms with E-state index in [4.69, 9.17) is 4.99 Å². The van der Waals surface area contributed by atoms with E-state index in [1.165, 1.54) is 25.7 Å². The highest BCUT2D eigenvalue weighted by Gasteiger charge is 2.46. The van der Waals surface area contributed by atoms with Crippen LogP contribution in [0.4, 0.5) is 5.69 Å². The van der Waals surface area contributed by atoms with E-state index in [2.05, 4.69) is 39.4 Å². The van der Waals surface area contributed by atoms with Gasteiger partial charge in [0.2, 0.25) is 5.96 Å². The average molecular weight is 329 g/mol. The molecule has 1 saturated heterocycles. The average Bonchev–Trinajstić information content (AvgIpc) is 3.25. The standard InChI is InChI=1S/C17H27N7/c1-16(22-14-10-18-12-17(14)5-3-4-6-17)7-8-19-15(23-16)21-13-9-20-24(2)11-13/h7-9,11,14,18,22H,3-6,10,12H2,1-2H3,(H2,19,21,23). The molecule has 1 aliphatic carbocycles. The third kappa shape index (κ3) is 2.93. The minimum atomic E-state index is -0.401. The van der Waals surface area contributed by atoms with Crippen molar-refractivity contribution in [1.82, 2.24) is 25.7 Å². The zero-order valence-electron chi connectivity index (χ0n) is 14.5. The third-order valence-corrected chi connectivity index (χ3v) is 5.57. The van der Waals surface area contributed by atoms with Crippen molar-refractivity contribution < 1.29 is 0 Å². The lowest BCUT2D eigenvalue weighted by atomic mass is 9.80. The van der Waals surface area contributed by atoms with E-state index in [0.717, 1.165) is 24.7 Å². The molecule has 3 heterocycles. The van der Waals surface area contributed by atoms with Gasteiger partial charge in [-0.1, -0.05) is 12.8 Å². The Balaban J connectivity index is 1.48. The molecule has 0 aromatic carbocycles. The molecule has 4 rings (SSSR count). The predicted octanol–water partition coefficient (Wildman–Crippen LogP) is 1.14. The van der Waals surface area contributed by atoms with Crippen LogP contribution in [0.5, 0.6) is 0 Å². The van der Waals surface area contributed by atoms with Crippen LogP contribution in [0.15, 0.2) is 29.7 Å². The van der Waals surface area contributed by atoms with Crippen LogP contribution in [-0.4, -0.2) is 40.5 Å². The summed E-state index contributed by atoms with van der Waals surface area (Å²) in [6, 6.07) is 0.469. The minimum Gasteiger partial charge on any atom is -0.333 e. The van der Waals surface area contributed by atoms with Gasteiger partial charge in [0.15, 0.2) is 0 Å². The number of aliphatic imine (C=N–C) groups is 1. The lowest BCUT2D eigenvalue weighted by molar-refractivity contribution is 0.223. The van der Waals surface area contributed by atoms with Gasteiger partial charge in [-0.15, -0.1) is 0 Å². The molecule has 24 heavy (non-hydrogen) atoms. The topological polar surface area (TPSA) is 78.3 Å². The van der Waals surface area contributed by atoms with Gasteiger partial charge in [0, 0.05) is 38.6 Å². The Bertz CT molecular complexity index is 650. The van der Waals surface area contributed by atoms with Crippen LogP contribution in [0.3, 0.4) is 0 Å². The Morgan fingerprint density at radius 1 is 1.33 bits per heavy atom. The minimum absolute atomic E-state index is 0.401. The monoisotopic (exact) mass is 329 g/mol. The molecule has 4 N–H and O–H groups in total. The van der Waals surface area contributed by atoms with Gasteiger partial charge in [-0.3, -0.25) is 10.00 Å². The number of aryl methyl sites for hydroxylation is 1. The van der Waals surface area contributed by atoms with E-state index in [1.807, 2.05) is 19.4 Å². The third-order valence-electron chi connectivity index (χ3n) is 5.57. The smallest absolute Gasteiger partial charge is 0.202 e. The number of nitrogens with one attached hydrogen (secondary N) is 4. The van der Waals surface area contributed by atoms with Crippen molar-refractivity contribution in [2.75, 3.05) is 18.4 Å². The molecule has 7 heteroatoms. The van der Waals surface area contributed by atoms with Crippen molar-refractivity contribution in [3.05, 3.63) is 24.7 Å². The van der Waals surface area contributed by atoms with Crippen LogP contribution in [0.25, 0.3) is 0 Å². The number of nitrogens with zero attached hydrogens (tertiary/aromatic N) is 3. The van der Waals surface area contributed by atoms with Gasteiger partial charge in [-0.25, -0.2) is 4.99 Å². The van der Waals surface area contributed by atoms with Crippen LogP contribution < -0.4 is 21.3 Å². The maximum atomic E-state index is 4.87. The fourth-order valence-corrected chi connectivity index (χ4v) is 4.32. The summed E-state index contributed by atoms with van der Waals surface area (Å²) >= 11 is 0. The van der Waals surface area contributed by atoms with Crippen molar-refractivity contribution in [2.24, 2.45) is 17.5 Å². The van der Waals surface area contributed by atoms with E-state index in [-0.39, 0.29) is 0 Å². The van der Waals surface area contributed by atoms with Gasteiger partial charge < -0.3 is 16.0 Å². The highest BCUT2D eigenvalue weighted by atomic mass is 15.3. The Hall–Kier alpha value is -1.86. The lowest BCUT2D eigenvalue weighted by Crippen LogP contribution is -2.54. The fraction of sp³-hybridized carbons (Fsp3) is 0.647. The quantitative estimate of drug-likeness (QED) is 0.669. The molecule has 0 amide bonds. The van der Waals surface area contributed by atoms with Crippen molar-refractivity contribution in [3.63, 3.8) is 0 Å². The van der Waals surface area contributed by atoms with Crippen molar-refractivity contribution in [1.29, 1.82) is 0 Å². The highest BCUT2D eigenvalue weighted by molar-refractivity contribution is 5.94. The van der Waals surface area contributed by atoms with Gasteiger partial charge >= 0.3 is 0 Å². The first-order valence-electron chi connectivity index (χ1n) is 8.85. The number of hydrogen-bond acceptors (Lipinski definition) is 6. The van der Waals surface area contributed by atoms with Gasteiger partial charge in [-0.05, 0) is 31.3 Å². The highest BCUT2D eigenvalue weighted by Crippen LogP contribution is 2.43. The maximum Gasteiger partial charge on any atom is 0.202 e. The summed E-state index contributed by atoms with van der Waals surface area (Å²) in [6.07, 6.45) is 13.1. The first-order chi connectivity index (χ1) is 11.6. The molecule has 2 unspecified atom stereocenters. The van der Waals surface area contributed by atoms with Gasteiger partial charge in [0.05, 0.1) is 11.9 Å². The summed E-state index contributed by atoms with van der Waals surface area (Å²) < 4.78 is 1.77. The second-order valence-corrected chi connectivity index (χ2v) is 7.51. The number of aromatic nitrogens is 2. The van der Waals surface area contributed by atoms with E-state index < -0.39 is 5.66 Å². The molecule has 130 valence electrons. The summed E-state index contributed by atoms with van der Waals surface area (Å²) in [5.41, 5.74) is 0.937. The summed E-state index contributed by atoms with van der Waals surface area (Å²) in [6.45, 7) is 4.29. The normalized spacial score (nSPS) is 31.2. The molecule has 1 spiro atoms. The van der Waals surface area contributed by atoms with E-state index in [9.17, 15) is 0 Å². The molecule has 0 radical (unpaired) electrons. The Morgan fingerprint density at radius 2 is 2.17 bits per heavy atom. The summed E-state index contributed by atoms with van der Waals surface area (Å²) in [5, 5.41) is 18.1. The molecule has 0 bridgehead atoms. The van der Waals surface area contributed by atoms with Crippen LogP contribution in [-0.2, 0) is 7.05 Å². The maximum absolute atomic E-state index is 4.87. The molecule has 1 aromatic heterocycles. The van der Waals surface area contributed by atoms with Crippen LogP contribution in [0.1, 0.15) is 32.6 Å². The van der Waals surface area contributed by atoms with Gasteiger partial charge in [0.1, 0.15) is 5.66 Å². The summed E-state index contributed by atoms with van der Waals surface area (Å²) in [7, 11) is 1.90. The van der Waals surface area contributed by atoms with E-state index in [1.54, 1.807) is 10.9 Å². The Labute approximate surface area is 143 Å². The predicted molar refractivity (Wildman–Crippen MR) is 95.6 cm³/mol. The van der Waals surface area contributed by atoms with E-state index >= 15 is 0 Å². The van der Waals surface area contributed by atoms with Crippen LogP contribution >= 0.6 is 0 Å². The molecular weight excluding hydrogens is 302 g/mol. The second kappa shape index (κ2) is 5.89. The van der Waals surface area contributed by atoms with Gasteiger partial charge in [-0.2, -0.15) is 5.10 Å². The molecule has 3 aliphatic rings. The van der Waals surface area contributed by atoms with Crippen LogP contribution in [0.2, 0.25) is 0 Å². The van der Waals surface area contributed by atoms with Crippen LogP contribution in [0, 0.1) is 5.41 Å². The number of anilines is 1. The van der Waals surface area contributed by atoms with E-state index in [0.29, 0.717) is 11.5 Å². The SMILES string of the molecule is Cn1cc(NC2=NC(C)(NC3CNCC34CCCC4)C=CN2)cn1. The first-order valence-corrected chi connectivity index (χ1v) is 8.85. The lowest BCUT2D eigenvalue weighted by Gasteiger charge is -2.37. The number of guanidine groups is 1. The molecule has 2 aliphatic heterocycles.